The fourth-order valence-electron chi connectivity index (χ4n) is 1.75. The van der Waals surface area contributed by atoms with Gasteiger partial charge >= 0.3 is 6.18 Å². The third-order valence-electron chi connectivity index (χ3n) is 2.95. The van der Waals surface area contributed by atoms with Crippen LogP contribution in [-0.2, 0) is 12.7 Å². The molecule has 1 aromatic carbocycles. The minimum absolute atomic E-state index is 0.399. The smallest absolute Gasteiger partial charge is 0.330 e. The summed E-state index contributed by atoms with van der Waals surface area (Å²) >= 11 is 0. The summed E-state index contributed by atoms with van der Waals surface area (Å²) in [4.78, 5) is 4.12. The molecule has 0 atom stereocenters. The van der Waals surface area contributed by atoms with Crippen LogP contribution < -0.4 is 0 Å². The molecule has 0 aliphatic heterocycles. The Balaban J connectivity index is 2.28. The first-order valence-electron chi connectivity index (χ1n) is 5.52. The normalized spacial score (nSPS) is 11.8. The second kappa shape index (κ2) is 4.48. The maximum Gasteiger partial charge on any atom is 0.416 e. The van der Waals surface area contributed by atoms with Crippen molar-refractivity contribution in [1.29, 1.82) is 0 Å². The highest BCUT2D eigenvalue weighted by Crippen LogP contribution is 2.29. The second-order valence-corrected chi connectivity index (χ2v) is 4.24. The molecule has 0 fully saturated rings. The molecule has 0 bridgehead atoms. The molecule has 2 aromatic rings. The van der Waals surface area contributed by atoms with Gasteiger partial charge in [-0.15, -0.1) is 0 Å². The van der Waals surface area contributed by atoms with E-state index in [9.17, 15) is 13.2 Å². The number of halogens is 3. The molecule has 96 valence electrons. The Morgan fingerprint density at radius 3 is 2.50 bits per heavy atom. The molecule has 0 radical (unpaired) electrons. The summed E-state index contributed by atoms with van der Waals surface area (Å²) in [6, 6.07) is 5.37. The molecule has 0 unspecified atom stereocenters. The van der Waals surface area contributed by atoms with Gasteiger partial charge in [0.05, 0.1) is 17.6 Å². The Morgan fingerprint density at radius 1 is 1.22 bits per heavy atom. The van der Waals surface area contributed by atoms with Crippen molar-refractivity contribution in [3.8, 4) is 0 Å². The summed E-state index contributed by atoms with van der Waals surface area (Å²) in [6.45, 7) is 4.17. The summed E-state index contributed by atoms with van der Waals surface area (Å²) in [5.41, 5.74) is 1.86. The fourth-order valence-corrected chi connectivity index (χ4v) is 1.75. The number of alkyl halides is 3. The zero-order chi connectivity index (χ0) is 13.3. The zero-order valence-electron chi connectivity index (χ0n) is 10.1. The van der Waals surface area contributed by atoms with Gasteiger partial charge in [0.2, 0.25) is 0 Å². The lowest BCUT2D eigenvalue weighted by molar-refractivity contribution is -0.137. The molecule has 1 aromatic heterocycles. The van der Waals surface area contributed by atoms with E-state index in [1.807, 2.05) is 18.4 Å². The summed E-state index contributed by atoms with van der Waals surface area (Å²) in [5, 5.41) is 0. The van der Waals surface area contributed by atoms with Crippen molar-refractivity contribution in [1.82, 2.24) is 9.55 Å². The molecule has 0 N–H and O–H groups in total. The van der Waals surface area contributed by atoms with E-state index in [2.05, 4.69) is 4.98 Å². The van der Waals surface area contributed by atoms with Crippen LogP contribution in [-0.4, -0.2) is 9.55 Å². The molecule has 0 saturated heterocycles. The lowest BCUT2D eigenvalue weighted by atomic mass is 10.1. The summed E-state index contributed by atoms with van der Waals surface area (Å²) < 4.78 is 39.6. The van der Waals surface area contributed by atoms with E-state index in [0.717, 1.165) is 17.5 Å². The van der Waals surface area contributed by atoms with Crippen molar-refractivity contribution in [3.63, 3.8) is 0 Å². The molecule has 18 heavy (non-hydrogen) atoms. The van der Waals surface area contributed by atoms with E-state index in [0.29, 0.717) is 12.1 Å². The van der Waals surface area contributed by atoms with Gasteiger partial charge in [-0.1, -0.05) is 12.1 Å². The number of aromatic nitrogens is 2. The van der Waals surface area contributed by atoms with E-state index in [-0.39, 0.29) is 0 Å². The van der Waals surface area contributed by atoms with Gasteiger partial charge in [0, 0.05) is 12.2 Å². The third kappa shape index (κ3) is 2.55. The molecule has 0 spiro atoms. The Bertz CT molecular complexity index is 556. The van der Waals surface area contributed by atoms with E-state index in [1.54, 1.807) is 12.4 Å². The maximum atomic E-state index is 12.6. The molecule has 2 rings (SSSR count). The van der Waals surface area contributed by atoms with Crippen LogP contribution in [0, 0.1) is 13.8 Å². The van der Waals surface area contributed by atoms with Crippen LogP contribution in [0.1, 0.15) is 22.5 Å². The minimum atomic E-state index is -4.30. The lowest BCUT2D eigenvalue weighted by Crippen LogP contribution is -2.07. The molecule has 0 aliphatic rings. The van der Waals surface area contributed by atoms with Crippen LogP contribution in [0.3, 0.4) is 0 Å². The first kappa shape index (κ1) is 12.7. The van der Waals surface area contributed by atoms with E-state index in [1.165, 1.54) is 12.1 Å². The highest BCUT2D eigenvalue weighted by molar-refractivity contribution is 5.26. The molecule has 5 heteroatoms. The lowest BCUT2D eigenvalue weighted by Gasteiger charge is -2.10. The molecule has 1 heterocycles. The number of imidazole rings is 1. The van der Waals surface area contributed by atoms with Gasteiger partial charge in [0.1, 0.15) is 0 Å². The van der Waals surface area contributed by atoms with Gasteiger partial charge in [-0.25, -0.2) is 4.98 Å². The van der Waals surface area contributed by atoms with Crippen molar-refractivity contribution in [2.24, 2.45) is 0 Å². The molecule has 2 nitrogen and oxygen atoms in total. The molecular weight excluding hydrogens is 241 g/mol. The molecule has 0 aliphatic carbocycles. The zero-order valence-corrected chi connectivity index (χ0v) is 10.1. The van der Waals surface area contributed by atoms with Crippen LogP contribution in [0.2, 0.25) is 0 Å². The predicted molar refractivity (Wildman–Crippen MR) is 62.2 cm³/mol. The van der Waals surface area contributed by atoms with E-state index >= 15 is 0 Å². The highest BCUT2D eigenvalue weighted by Gasteiger charge is 2.30. The van der Waals surface area contributed by atoms with Crippen LogP contribution in [0.25, 0.3) is 0 Å². The average molecular weight is 254 g/mol. The topological polar surface area (TPSA) is 17.8 Å². The molecular formula is C13H13F3N2. The minimum Gasteiger partial charge on any atom is -0.330 e. The van der Waals surface area contributed by atoms with Gasteiger partial charge in [-0.3, -0.25) is 0 Å². The van der Waals surface area contributed by atoms with E-state index in [4.69, 9.17) is 0 Å². The Labute approximate surface area is 103 Å². The quantitative estimate of drug-likeness (QED) is 0.801. The number of benzene rings is 1. The molecule has 0 saturated carbocycles. The monoisotopic (exact) mass is 254 g/mol. The predicted octanol–water partition coefficient (Wildman–Crippen LogP) is 3.57. The van der Waals surface area contributed by atoms with Crippen LogP contribution >= 0.6 is 0 Å². The van der Waals surface area contributed by atoms with Gasteiger partial charge in [-0.05, 0) is 31.5 Å². The Kier molecular flexibility index (Phi) is 3.15. The van der Waals surface area contributed by atoms with E-state index < -0.39 is 11.7 Å². The van der Waals surface area contributed by atoms with Gasteiger partial charge in [0.15, 0.2) is 0 Å². The standard InChI is InChI=1S/C13H13F3N2/c1-9-10(2)18(8-17-9)7-11-4-3-5-12(6-11)13(14,15)16/h3-6,8H,7H2,1-2H3. The summed E-state index contributed by atoms with van der Waals surface area (Å²) in [5.74, 6) is 0. The molecule has 0 amide bonds. The summed E-state index contributed by atoms with van der Waals surface area (Å²) in [6.07, 6.45) is -2.65. The van der Waals surface area contributed by atoms with Crippen LogP contribution in [0.4, 0.5) is 13.2 Å². The number of nitrogens with zero attached hydrogens (tertiary/aromatic N) is 2. The largest absolute Gasteiger partial charge is 0.416 e. The van der Waals surface area contributed by atoms with Crippen molar-refractivity contribution in [2.75, 3.05) is 0 Å². The van der Waals surface area contributed by atoms with Crippen LogP contribution in [0.15, 0.2) is 30.6 Å². The Morgan fingerprint density at radius 2 is 1.94 bits per heavy atom. The first-order chi connectivity index (χ1) is 8.38. The van der Waals surface area contributed by atoms with Crippen molar-refractivity contribution < 1.29 is 13.2 Å². The van der Waals surface area contributed by atoms with Gasteiger partial charge in [-0.2, -0.15) is 13.2 Å². The fraction of sp³-hybridized carbons (Fsp3) is 0.308. The number of rotatable bonds is 2. The van der Waals surface area contributed by atoms with Gasteiger partial charge in [0.25, 0.3) is 0 Å². The van der Waals surface area contributed by atoms with Gasteiger partial charge < -0.3 is 4.57 Å². The van der Waals surface area contributed by atoms with Crippen molar-refractivity contribution >= 4 is 0 Å². The number of hydrogen-bond acceptors (Lipinski definition) is 1. The SMILES string of the molecule is Cc1ncn(Cc2cccc(C(F)(F)F)c2)c1C. The Hall–Kier alpha value is -1.78. The number of aryl methyl sites for hydroxylation is 1. The average Bonchev–Trinajstić information content (AvgIpc) is 2.60. The summed E-state index contributed by atoms with van der Waals surface area (Å²) in [7, 11) is 0. The van der Waals surface area contributed by atoms with Crippen molar-refractivity contribution in [2.45, 2.75) is 26.6 Å². The highest BCUT2D eigenvalue weighted by atomic mass is 19.4. The maximum absolute atomic E-state index is 12.6. The third-order valence-corrected chi connectivity index (χ3v) is 2.95. The number of hydrogen-bond donors (Lipinski definition) is 0. The first-order valence-corrected chi connectivity index (χ1v) is 5.52. The van der Waals surface area contributed by atoms with Crippen molar-refractivity contribution in [3.05, 3.63) is 53.1 Å². The second-order valence-electron chi connectivity index (χ2n) is 4.24. The van der Waals surface area contributed by atoms with Crippen LogP contribution in [0.5, 0.6) is 0 Å².